The van der Waals surface area contributed by atoms with Crippen LogP contribution in [0.5, 0.6) is 5.75 Å². The Hall–Kier alpha value is -2.75. The molecule has 4 nitrogen and oxygen atoms in total. The lowest BCUT2D eigenvalue weighted by molar-refractivity contribution is -0.137. The zero-order chi connectivity index (χ0) is 15.9. The number of fused-ring (bicyclic) bond motifs is 2. The fraction of sp³-hybridized carbons (Fsp3) is 0.167. The van der Waals surface area contributed by atoms with Crippen LogP contribution in [0, 0.1) is 5.92 Å². The average molecular weight is 294 g/mol. The summed E-state index contributed by atoms with van der Waals surface area (Å²) in [5.41, 5.74) is 1.41. The molecule has 110 valence electrons. The van der Waals surface area contributed by atoms with E-state index in [1.165, 1.54) is 18.2 Å². The maximum absolute atomic E-state index is 12.5. The van der Waals surface area contributed by atoms with Gasteiger partial charge in [-0.15, -0.1) is 0 Å². The predicted molar refractivity (Wildman–Crippen MR) is 80.2 cm³/mol. The van der Waals surface area contributed by atoms with Crippen molar-refractivity contribution in [3.05, 3.63) is 64.7 Å². The number of hydrogen-bond acceptors (Lipinski definition) is 4. The molecule has 4 heteroatoms. The molecule has 0 unspecified atom stereocenters. The zero-order valence-electron chi connectivity index (χ0n) is 12.3. The second kappa shape index (κ2) is 5.22. The summed E-state index contributed by atoms with van der Waals surface area (Å²) in [7, 11) is 0. The van der Waals surface area contributed by atoms with E-state index in [-0.39, 0.29) is 34.8 Å². The molecule has 2 aromatic carbocycles. The van der Waals surface area contributed by atoms with E-state index < -0.39 is 0 Å². The van der Waals surface area contributed by atoms with Gasteiger partial charge in [0.05, 0.1) is 5.92 Å². The van der Waals surface area contributed by atoms with Crippen LogP contribution in [0.25, 0.3) is 0 Å². The molecule has 1 aliphatic carbocycles. The smallest absolute Gasteiger partial charge is 0.313 e. The molecule has 0 N–H and O–H groups in total. The number of carbonyl (C=O) groups is 3. The van der Waals surface area contributed by atoms with Crippen LogP contribution in [0.2, 0.25) is 0 Å². The van der Waals surface area contributed by atoms with Gasteiger partial charge < -0.3 is 4.74 Å². The van der Waals surface area contributed by atoms with Gasteiger partial charge in [0.1, 0.15) is 5.75 Å². The summed E-state index contributed by atoms with van der Waals surface area (Å²) in [5.74, 6) is -0.790. The number of rotatable bonds is 2. The lowest BCUT2D eigenvalue weighted by Crippen LogP contribution is -2.21. The molecule has 0 aliphatic heterocycles. The van der Waals surface area contributed by atoms with Crippen LogP contribution in [0.3, 0.4) is 0 Å². The second-order valence-electron chi connectivity index (χ2n) is 5.49. The first-order valence-electron chi connectivity index (χ1n) is 7.03. The summed E-state index contributed by atoms with van der Waals surface area (Å²) in [6.07, 6.45) is 0. The Balaban J connectivity index is 2.04. The van der Waals surface area contributed by atoms with Crippen molar-refractivity contribution in [2.45, 2.75) is 13.8 Å². The van der Waals surface area contributed by atoms with Gasteiger partial charge in [0.15, 0.2) is 11.6 Å². The van der Waals surface area contributed by atoms with Crippen molar-refractivity contribution < 1.29 is 19.1 Å². The van der Waals surface area contributed by atoms with Crippen molar-refractivity contribution in [2.24, 2.45) is 5.92 Å². The normalized spacial score (nSPS) is 12.9. The van der Waals surface area contributed by atoms with Gasteiger partial charge in [-0.3, -0.25) is 14.4 Å². The maximum atomic E-state index is 12.5. The highest BCUT2D eigenvalue weighted by atomic mass is 16.5. The van der Waals surface area contributed by atoms with Crippen LogP contribution in [0.4, 0.5) is 0 Å². The standard InChI is InChI=1S/C18H14O4/c1-10(2)18(21)22-11-7-8-14-15(9-11)17(20)13-6-4-3-5-12(13)16(14)19/h3-10H,1-2H3. The van der Waals surface area contributed by atoms with E-state index in [1.54, 1.807) is 38.1 Å². The van der Waals surface area contributed by atoms with E-state index in [0.29, 0.717) is 16.7 Å². The lowest BCUT2D eigenvalue weighted by Gasteiger charge is -2.18. The first-order valence-corrected chi connectivity index (χ1v) is 7.03. The molecular formula is C18H14O4. The van der Waals surface area contributed by atoms with Crippen molar-refractivity contribution in [2.75, 3.05) is 0 Å². The lowest BCUT2D eigenvalue weighted by atomic mass is 9.84. The Kier molecular flexibility index (Phi) is 3.37. The summed E-state index contributed by atoms with van der Waals surface area (Å²) in [5, 5.41) is 0. The molecule has 0 heterocycles. The molecule has 0 spiro atoms. The van der Waals surface area contributed by atoms with Crippen LogP contribution in [-0.4, -0.2) is 17.5 Å². The number of hydrogen-bond donors (Lipinski definition) is 0. The third-order valence-electron chi connectivity index (χ3n) is 3.59. The van der Waals surface area contributed by atoms with Crippen LogP contribution in [0.15, 0.2) is 42.5 Å². The van der Waals surface area contributed by atoms with Crippen molar-refractivity contribution in [3.8, 4) is 5.75 Å². The molecule has 0 fully saturated rings. The fourth-order valence-electron chi connectivity index (χ4n) is 2.38. The summed E-state index contributed by atoms with van der Waals surface area (Å²) in [6, 6.07) is 11.3. The van der Waals surface area contributed by atoms with Gasteiger partial charge in [-0.1, -0.05) is 38.1 Å². The maximum Gasteiger partial charge on any atom is 0.313 e. The SMILES string of the molecule is CC(C)C(=O)Oc1ccc2c(c1)C(=O)c1ccccc1C2=O. The quantitative estimate of drug-likeness (QED) is 0.538. The minimum Gasteiger partial charge on any atom is -0.426 e. The predicted octanol–water partition coefficient (Wildman–Crippen LogP) is 3.02. The Bertz CT molecular complexity index is 802. The second-order valence-corrected chi connectivity index (χ2v) is 5.49. The van der Waals surface area contributed by atoms with Gasteiger partial charge in [0.2, 0.25) is 0 Å². The van der Waals surface area contributed by atoms with Crippen molar-refractivity contribution >= 4 is 17.5 Å². The molecule has 2 aromatic rings. The summed E-state index contributed by atoms with van der Waals surface area (Å²) in [4.78, 5) is 36.6. The van der Waals surface area contributed by atoms with Gasteiger partial charge in [-0.25, -0.2) is 0 Å². The zero-order valence-corrected chi connectivity index (χ0v) is 12.3. The first-order chi connectivity index (χ1) is 10.5. The fourth-order valence-corrected chi connectivity index (χ4v) is 2.38. The first kappa shape index (κ1) is 14.2. The van der Waals surface area contributed by atoms with E-state index >= 15 is 0 Å². The van der Waals surface area contributed by atoms with E-state index in [1.807, 2.05) is 0 Å². The van der Waals surface area contributed by atoms with E-state index in [4.69, 9.17) is 4.74 Å². The highest BCUT2D eigenvalue weighted by molar-refractivity contribution is 6.28. The molecule has 22 heavy (non-hydrogen) atoms. The van der Waals surface area contributed by atoms with Crippen LogP contribution < -0.4 is 4.74 Å². The Morgan fingerprint density at radius 1 is 0.864 bits per heavy atom. The summed E-state index contributed by atoms with van der Waals surface area (Å²) >= 11 is 0. The van der Waals surface area contributed by atoms with Gasteiger partial charge >= 0.3 is 5.97 Å². The topological polar surface area (TPSA) is 60.4 Å². The molecule has 0 saturated heterocycles. The third-order valence-corrected chi connectivity index (χ3v) is 3.59. The van der Waals surface area contributed by atoms with Gasteiger partial charge in [0.25, 0.3) is 0 Å². The summed E-state index contributed by atoms with van der Waals surface area (Å²) < 4.78 is 5.21. The monoisotopic (exact) mass is 294 g/mol. The highest BCUT2D eigenvalue weighted by Crippen LogP contribution is 2.29. The number of benzene rings is 2. The molecule has 0 amide bonds. The van der Waals surface area contributed by atoms with Gasteiger partial charge in [-0.05, 0) is 18.2 Å². The largest absolute Gasteiger partial charge is 0.426 e. The third kappa shape index (κ3) is 2.22. The van der Waals surface area contributed by atoms with E-state index in [9.17, 15) is 14.4 Å². The highest BCUT2D eigenvalue weighted by Gasteiger charge is 2.29. The van der Waals surface area contributed by atoms with Crippen molar-refractivity contribution in [1.82, 2.24) is 0 Å². The molecule has 3 rings (SSSR count). The molecule has 0 atom stereocenters. The van der Waals surface area contributed by atoms with Crippen LogP contribution in [-0.2, 0) is 4.79 Å². The Morgan fingerprint density at radius 3 is 2.00 bits per heavy atom. The van der Waals surface area contributed by atoms with Gasteiger partial charge in [-0.2, -0.15) is 0 Å². The molecule has 1 aliphatic rings. The molecule has 0 bridgehead atoms. The van der Waals surface area contributed by atoms with Crippen molar-refractivity contribution in [3.63, 3.8) is 0 Å². The minimum absolute atomic E-state index is 0.188. The number of ketones is 2. The number of esters is 1. The molecule has 0 saturated carbocycles. The van der Waals surface area contributed by atoms with Crippen molar-refractivity contribution in [1.29, 1.82) is 0 Å². The number of carbonyl (C=O) groups excluding carboxylic acids is 3. The average Bonchev–Trinajstić information content (AvgIpc) is 2.52. The minimum atomic E-state index is -0.380. The number of ether oxygens (including phenoxy) is 1. The molecule has 0 aromatic heterocycles. The van der Waals surface area contributed by atoms with Gasteiger partial charge in [0, 0.05) is 22.3 Å². The van der Waals surface area contributed by atoms with Crippen LogP contribution >= 0.6 is 0 Å². The van der Waals surface area contributed by atoms with Crippen LogP contribution in [0.1, 0.15) is 45.7 Å². The molecular weight excluding hydrogens is 280 g/mol. The molecule has 0 radical (unpaired) electrons. The summed E-state index contributed by atoms with van der Waals surface area (Å²) in [6.45, 7) is 3.46. The van der Waals surface area contributed by atoms with E-state index in [2.05, 4.69) is 0 Å². The Labute approximate surface area is 127 Å². The Morgan fingerprint density at radius 2 is 1.41 bits per heavy atom. The van der Waals surface area contributed by atoms with E-state index in [0.717, 1.165) is 0 Å².